The van der Waals surface area contributed by atoms with Crippen LogP contribution in [-0.4, -0.2) is 21.6 Å². The van der Waals surface area contributed by atoms with Crippen molar-refractivity contribution in [3.8, 4) is 16.8 Å². The second kappa shape index (κ2) is 14.4. The fourth-order valence-electron chi connectivity index (χ4n) is 7.58. The lowest BCUT2D eigenvalue weighted by atomic mass is 10.0. The molecule has 8 aromatic rings. The molecular formula is C47H40N6. The van der Waals surface area contributed by atoms with Crippen molar-refractivity contribution >= 4 is 32.7 Å². The maximum atomic E-state index is 5.34. The van der Waals surface area contributed by atoms with E-state index in [4.69, 9.17) is 9.97 Å². The van der Waals surface area contributed by atoms with Gasteiger partial charge in [-0.1, -0.05) is 146 Å². The number of hydrogen-bond donors (Lipinski definition) is 3. The highest BCUT2D eigenvalue weighted by Gasteiger charge is 2.23. The molecule has 6 aromatic carbocycles. The van der Waals surface area contributed by atoms with Crippen LogP contribution in [-0.2, 0) is 6.54 Å². The van der Waals surface area contributed by atoms with Gasteiger partial charge in [0.25, 0.3) is 0 Å². The number of allylic oxidation sites excluding steroid dienone is 4. The summed E-state index contributed by atoms with van der Waals surface area (Å²) < 4.78 is 2.34. The van der Waals surface area contributed by atoms with Crippen molar-refractivity contribution < 1.29 is 0 Å². The van der Waals surface area contributed by atoms with E-state index in [1.165, 1.54) is 27.8 Å². The second-order valence-electron chi connectivity index (χ2n) is 13.5. The average molecular weight is 689 g/mol. The largest absolute Gasteiger partial charge is 0.301 e. The van der Waals surface area contributed by atoms with Gasteiger partial charge in [0.2, 0.25) is 0 Å². The number of benzene rings is 6. The minimum absolute atomic E-state index is 0.00327. The Hall–Kier alpha value is -6.18. The topological polar surface area (TPSA) is 66.8 Å². The van der Waals surface area contributed by atoms with Crippen molar-refractivity contribution in [2.24, 2.45) is 0 Å². The highest BCUT2D eigenvalue weighted by atomic mass is 15.2. The molecule has 6 heteroatoms. The van der Waals surface area contributed by atoms with E-state index in [9.17, 15) is 0 Å². The number of hydrogen-bond acceptors (Lipinski definition) is 5. The number of imidazole rings is 1. The van der Waals surface area contributed by atoms with E-state index < -0.39 is 0 Å². The number of pyridine rings is 1. The highest BCUT2D eigenvalue weighted by molar-refractivity contribution is 6.22. The first-order valence-electron chi connectivity index (χ1n) is 18.2. The molecule has 0 saturated carbocycles. The first-order valence-corrected chi connectivity index (χ1v) is 18.2. The van der Waals surface area contributed by atoms with Gasteiger partial charge >= 0.3 is 0 Å². The molecule has 0 amide bonds. The van der Waals surface area contributed by atoms with Crippen LogP contribution in [0.5, 0.6) is 0 Å². The van der Waals surface area contributed by atoms with E-state index in [1.807, 2.05) is 25.4 Å². The van der Waals surface area contributed by atoms with Gasteiger partial charge in [0.15, 0.2) is 0 Å². The molecule has 2 heterocycles. The normalized spacial score (nSPS) is 14.1. The molecule has 2 aromatic heterocycles. The van der Waals surface area contributed by atoms with Gasteiger partial charge in [0.05, 0.1) is 34.8 Å². The van der Waals surface area contributed by atoms with E-state index in [1.54, 1.807) is 0 Å². The summed E-state index contributed by atoms with van der Waals surface area (Å²) in [4.78, 5) is 10.2. The number of fused-ring (bicyclic) bond motifs is 6. The standard InChI is InChI=1S/C47H40N6/c1-48-45(35-13-4-2-5-14-35)52-46(36-15-6-3-7-16-36)50-31-32-22-24-33(25-23-32)34-26-28-38(29-27-34)53-44-41-21-12-30-49-42(41)39-19-10-11-20-40(39)43(44)51-47(53)37-17-8-9-18-37/h2-30,37,45-46,48,50,52H,31H2,1H3. The van der Waals surface area contributed by atoms with Gasteiger partial charge in [0, 0.05) is 34.6 Å². The first kappa shape index (κ1) is 32.7. The van der Waals surface area contributed by atoms with Crippen LogP contribution in [0.4, 0.5) is 0 Å². The third-order valence-electron chi connectivity index (χ3n) is 10.3. The molecule has 3 N–H and O–H groups in total. The zero-order valence-corrected chi connectivity index (χ0v) is 29.5. The Labute approximate surface area is 309 Å². The third kappa shape index (κ3) is 6.34. The lowest BCUT2D eigenvalue weighted by Gasteiger charge is -2.27. The predicted octanol–water partition coefficient (Wildman–Crippen LogP) is 9.90. The number of rotatable bonds is 11. The molecule has 0 radical (unpaired) electrons. The summed E-state index contributed by atoms with van der Waals surface area (Å²) in [5.74, 6) is 1.09. The molecule has 0 bridgehead atoms. The molecule has 2 atom stereocenters. The maximum Gasteiger partial charge on any atom is 0.125 e. The predicted molar refractivity (Wildman–Crippen MR) is 218 cm³/mol. The summed E-state index contributed by atoms with van der Waals surface area (Å²) in [6.07, 6.45) is 10.5. The quantitative estimate of drug-likeness (QED) is 0.0933. The van der Waals surface area contributed by atoms with Crippen molar-refractivity contribution in [2.75, 3.05) is 7.05 Å². The summed E-state index contributed by atoms with van der Waals surface area (Å²) >= 11 is 0. The molecule has 258 valence electrons. The molecule has 2 unspecified atom stereocenters. The van der Waals surface area contributed by atoms with Crippen LogP contribution < -0.4 is 16.0 Å². The van der Waals surface area contributed by atoms with Crippen LogP contribution in [0.15, 0.2) is 176 Å². The van der Waals surface area contributed by atoms with Crippen molar-refractivity contribution in [3.05, 3.63) is 199 Å². The summed E-state index contributed by atoms with van der Waals surface area (Å²) in [6.45, 7) is 0.717. The lowest BCUT2D eigenvalue weighted by molar-refractivity contribution is 0.353. The lowest BCUT2D eigenvalue weighted by Crippen LogP contribution is -2.41. The average Bonchev–Trinajstić information content (AvgIpc) is 3.92. The molecular weight excluding hydrogens is 649 g/mol. The SMILES string of the molecule is CNC(NC(NCc1ccc(-c2ccc(-n3c(C4C=CC=C4)nc4c5ccccc5c5ncccc5c43)cc2)cc1)c1ccccc1)c1ccccc1. The van der Waals surface area contributed by atoms with E-state index in [0.717, 1.165) is 50.8 Å². The zero-order valence-electron chi connectivity index (χ0n) is 29.5. The van der Waals surface area contributed by atoms with Gasteiger partial charge in [-0.3, -0.25) is 20.2 Å². The van der Waals surface area contributed by atoms with E-state index in [-0.39, 0.29) is 18.2 Å². The van der Waals surface area contributed by atoms with Crippen LogP contribution in [0.2, 0.25) is 0 Å². The summed E-state index contributed by atoms with van der Waals surface area (Å²) in [6, 6.07) is 51.5. The summed E-state index contributed by atoms with van der Waals surface area (Å²) in [7, 11) is 1.99. The van der Waals surface area contributed by atoms with Gasteiger partial charge in [0.1, 0.15) is 5.82 Å². The number of aromatic nitrogens is 3. The minimum Gasteiger partial charge on any atom is -0.301 e. The van der Waals surface area contributed by atoms with Crippen LogP contribution in [0, 0.1) is 0 Å². The molecule has 0 saturated heterocycles. The minimum atomic E-state index is -0.0497. The van der Waals surface area contributed by atoms with Gasteiger partial charge in [-0.15, -0.1) is 0 Å². The van der Waals surface area contributed by atoms with E-state index in [0.29, 0.717) is 0 Å². The number of nitrogens with one attached hydrogen (secondary N) is 3. The molecule has 1 aliphatic rings. The second-order valence-corrected chi connectivity index (χ2v) is 13.5. The summed E-state index contributed by atoms with van der Waals surface area (Å²) in [5, 5.41) is 14.3. The number of nitrogens with zero attached hydrogens (tertiary/aromatic N) is 3. The van der Waals surface area contributed by atoms with Crippen LogP contribution in [0.3, 0.4) is 0 Å². The van der Waals surface area contributed by atoms with E-state index >= 15 is 0 Å². The Balaban J connectivity index is 1.00. The Morgan fingerprint density at radius 2 is 1.19 bits per heavy atom. The Morgan fingerprint density at radius 1 is 0.604 bits per heavy atom. The Morgan fingerprint density at radius 3 is 1.85 bits per heavy atom. The first-order chi connectivity index (χ1) is 26.2. The fraction of sp³-hybridized carbons (Fsp3) is 0.106. The zero-order chi connectivity index (χ0) is 35.6. The van der Waals surface area contributed by atoms with Crippen LogP contribution >= 0.6 is 0 Å². The molecule has 6 nitrogen and oxygen atoms in total. The van der Waals surface area contributed by atoms with Crippen molar-refractivity contribution in [2.45, 2.75) is 24.8 Å². The van der Waals surface area contributed by atoms with Crippen LogP contribution in [0.1, 0.15) is 40.8 Å². The molecule has 53 heavy (non-hydrogen) atoms. The van der Waals surface area contributed by atoms with Crippen molar-refractivity contribution in [1.82, 2.24) is 30.5 Å². The monoisotopic (exact) mass is 688 g/mol. The van der Waals surface area contributed by atoms with Gasteiger partial charge in [-0.2, -0.15) is 0 Å². The van der Waals surface area contributed by atoms with E-state index in [2.05, 4.69) is 178 Å². The van der Waals surface area contributed by atoms with Crippen molar-refractivity contribution in [3.63, 3.8) is 0 Å². The smallest absolute Gasteiger partial charge is 0.125 e. The van der Waals surface area contributed by atoms with Crippen LogP contribution in [0.25, 0.3) is 49.5 Å². The molecule has 0 fully saturated rings. The molecule has 9 rings (SSSR count). The molecule has 1 aliphatic carbocycles. The summed E-state index contributed by atoms with van der Waals surface area (Å²) in [5.41, 5.74) is 10.1. The van der Waals surface area contributed by atoms with Gasteiger partial charge < -0.3 is 5.32 Å². The third-order valence-corrected chi connectivity index (χ3v) is 10.3. The van der Waals surface area contributed by atoms with Gasteiger partial charge in [-0.05, 0) is 59.1 Å². The maximum absolute atomic E-state index is 5.34. The van der Waals surface area contributed by atoms with Crippen molar-refractivity contribution in [1.29, 1.82) is 0 Å². The fourth-order valence-corrected chi connectivity index (χ4v) is 7.58. The molecule has 0 spiro atoms. The highest BCUT2D eigenvalue weighted by Crippen LogP contribution is 2.38. The Bertz CT molecular complexity index is 2560. The van der Waals surface area contributed by atoms with Gasteiger partial charge in [-0.25, -0.2) is 4.98 Å². The molecule has 0 aliphatic heterocycles. The Kier molecular flexibility index (Phi) is 8.92.